The molecule has 0 aliphatic rings. The number of methoxy groups -OCH3 is 1. The molecule has 5 heteroatoms. The molecular weight excluding hydrogens is 201 g/mol. The number of unbranched alkanes of at least 4 members (excludes halogenated alkanes) is 1. The second-order valence-corrected chi connectivity index (χ2v) is 4.36. The topological polar surface area (TPSA) is 51.5 Å². The van der Waals surface area contributed by atoms with Gasteiger partial charge in [0.1, 0.15) is 13.3 Å². The number of hydrogen-bond acceptors (Lipinski definition) is 4. The average molecular weight is 220 g/mol. The largest absolute Gasteiger partial charge is 0.385 e. The minimum Gasteiger partial charge on any atom is -0.385 e. The first-order chi connectivity index (χ1) is 6.81. The Bertz CT molecular complexity index is 161. The van der Waals surface area contributed by atoms with E-state index in [9.17, 15) is 0 Å². The van der Waals surface area contributed by atoms with Crippen LogP contribution in [0.5, 0.6) is 0 Å². The Labute approximate surface area is 87.1 Å². The fourth-order valence-corrected chi connectivity index (χ4v) is 1.75. The molecule has 0 aliphatic carbocycles. The number of nitriles is 1. The molecule has 82 valence electrons. The highest BCUT2D eigenvalue weighted by atomic mass is 31.2. The zero-order valence-corrected chi connectivity index (χ0v) is 9.91. The second kappa shape index (κ2) is 10.9. The fraction of sp³-hybridized carbons (Fsp3) is 0.889. The summed E-state index contributed by atoms with van der Waals surface area (Å²) >= 11 is 0. The average Bonchev–Trinajstić information content (AvgIpc) is 2.18. The maximum Gasteiger partial charge on any atom is 0.260 e. The van der Waals surface area contributed by atoms with Crippen molar-refractivity contribution in [1.29, 1.82) is 5.26 Å². The van der Waals surface area contributed by atoms with E-state index < -0.39 is 8.38 Å². The van der Waals surface area contributed by atoms with Crippen LogP contribution in [0.1, 0.15) is 19.3 Å². The van der Waals surface area contributed by atoms with E-state index in [0.717, 1.165) is 26.1 Å². The Morgan fingerprint density at radius 1 is 1.14 bits per heavy atom. The standard InChI is InChI=1S/C9H18NO3P/c1-11-7-3-4-8-12-14(2)13-9-5-6-10/h3-5,7-9H2,1-2H3/p+1. The molecule has 0 aromatic heterocycles. The third-order valence-electron chi connectivity index (χ3n) is 1.57. The lowest BCUT2D eigenvalue weighted by atomic mass is 10.3. The quantitative estimate of drug-likeness (QED) is 0.440. The van der Waals surface area contributed by atoms with E-state index in [2.05, 4.69) is 0 Å². The summed E-state index contributed by atoms with van der Waals surface area (Å²) in [5, 5.41) is 8.28. The van der Waals surface area contributed by atoms with Gasteiger partial charge in [-0.3, -0.25) is 0 Å². The van der Waals surface area contributed by atoms with Crippen molar-refractivity contribution in [3.8, 4) is 6.07 Å². The van der Waals surface area contributed by atoms with Crippen molar-refractivity contribution in [3.63, 3.8) is 0 Å². The van der Waals surface area contributed by atoms with Crippen LogP contribution in [0.4, 0.5) is 0 Å². The van der Waals surface area contributed by atoms with Crippen LogP contribution >= 0.6 is 8.38 Å². The highest BCUT2D eigenvalue weighted by molar-refractivity contribution is 7.46. The van der Waals surface area contributed by atoms with Crippen LogP contribution in [0.25, 0.3) is 0 Å². The number of nitrogens with zero attached hydrogens (tertiary/aromatic N) is 1. The Hall–Kier alpha value is -0.200. The monoisotopic (exact) mass is 220 g/mol. The zero-order valence-electron chi connectivity index (χ0n) is 8.91. The molecule has 0 heterocycles. The van der Waals surface area contributed by atoms with Crippen molar-refractivity contribution in [2.45, 2.75) is 19.3 Å². The summed E-state index contributed by atoms with van der Waals surface area (Å²) in [7, 11) is 0.554. The normalized spacial score (nSPS) is 12.4. The number of rotatable bonds is 9. The Morgan fingerprint density at radius 3 is 2.43 bits per heavy atom. The first-order valence-electron chi connectivity index (χ1n) is 4.76. The van der Waals surface area contributed by atoms with Gasteiger partial charge in [0.15, 0.2) is 0 Å². The van der Waals surface area contributed by atoms with E-state index in [0.29, 0.717) is 13.0 Å². The summed E-state index contributed by atoms with van der Waals surface area (Å²) in [5.74, 6) is 0. The SMILES string of the molecule is COCCCCO[PH+](C)OCCC#N. The summed E-state index contributed by atoms with van der Waals surface area (Å²) < 4.78 is 15.7. The van der Waals surface area contributed by atoms with Crippen molar-refractivity contribution in [3.05, 3.63) is 0 Å². The molecule has 0 amide bonds. The summed E-state index contributed by atoms with van der Waals surface area (Å²) in [6.45, 7) is 3.93. The lowest BCUT2D eigenvalue weighted by Crippen LogP contribution is -1.96. The molecule has 0 aromatic carbocycles. The molecule has 1 atom stereocenters. The van der Waals surface area contributed by atoms with Crippen molar-refractivity contribution in [2.75, 3.05) is 33.6 Å². The molecule has 4 nitrogen and oxygen atoms in total. The molecule has 0 aromatic rings. The fourth-order valence-electron chi connectivity index (χ4n) is 0.846. The molecular formula is C9H19NO3P+. The lowest BCUT2D eigenvalue weighted by molar-refractivity contribution is 0.182. The summed E-state index contributed by atoms with van der Waals surface area (Å²) in [5.41, 5.74) is 0. The van der Waals surface area contributed by atoms with Crippen LogP contribution in [0.2, 0.25) is 0 Å². The van der Waals surface area contributed by atoms with Crippen molar-refractivity contribution < 1.29 is 13.8 Å². The van der Waals surface area contributed by atoms with Crippen LogP contribution in [-0.2, 0) is 13.8 Å². The lowest BCUT2D eigenvalue weighted by Gasteiger charge is -2.03. The molecule has 0 saturated carbocycles. The molecule has 0 N–H and O–H groups in total. The predicted octanol–water partition coefficient (Wildman–Crippen LogP) is 2.03. The van der Waals surface area contributed by atoms with Crippen molar-refractivity contribution in [1.82, 2.24) is 0 Å². The van der Waals surface area contributed by atoms with Gasteiger partial charge in [-0.1, -0.05) is 0 Å². The van der Waals surface area contributed by atoms with Gasteiger partial charge < -0.3 is 4.74 Å². The molecule has 0 radical (unpaired) electrons. The van der Waals surface area contributed by atoms with Crippen molar-refractivity contribution >= 4 is 8.38 Å². The van der Waals surface area contributed by atoms with Crippen molar-refractivity contribution in [2.24, 2.45) is 0 Å². The van der Waals surface area contributed by atoms with Gasteiger partial charge in [-0.05, 0) is 12.8 Å². The van der Waals surface area contributed by atoms with Gasteiger partial charge in [0.05, 0.1) is 19.1 Å². The van der Waals surface area contributed by atoms with Crippen LogP contribution in [0, 0.1) is 11.3 Å². The maximum atomic E-state index is 8.28. The van der Waals surface area contributed by atoms with E-state index in [1.165, 1.54) is 0 Å². The van der Waals surface area contributed by atoms with E-state index >= 15 is 0 Å². The van der Waals surface area contributed by atoms with Gasteiger partial charge in [-0.15, -0.1) is 0 Å². The van der Waals surface area contributed by atoms with E-state index in [1.54, 1.807) is 7.11 Å². The third kappa shape index (κ3) is 9.88. The Morgan fingerprint density at radius 2 is 1.79 bits per heavy atom. The molecule has 0 saturated heterocycles. The van der Waals surface area contributed by atoms with E-state index in [-0.39, 0.29) is 0 Å². The molecule has 14 heavy (non-hydrogen) atoms. The van der Waals surface area contributed by atoms with Gasteiger partial charge in [0.25, 0.3) is 8.38 Å². The highest BCUT2D eigenvalue weighted by Crippen LogP contribution is 2.33. The van der Waals surface area contributed by atoms with E-state index in [1.807, 2.05) is 12.7 Å². The summed E-state index contributed by atoms with van der Waals surface area (Å²) in [4.78, 5) is 0. The second-order valence-electron chi connectivity index (χ2n) is 2.80. The third-order valence-corrected chi connectivity index (χ3v) is 2.79. The number of hydrogen-bond donors (Lipinski definition) is 0. The minimum atomic E-state index is -1.14. The summed E-state index contributed by atoms with van der Waals surface area (Å²) in [6.07, 6.45) is 2.45. The molecule has 0 rings (SSSR count). The minimum absolute atomic E-state index is 0.440. The highest BCUT2D eigenvalue weighted by Gasteiger charge is 2.09. The summed E-state index contributed by atoms with van der Waals surface area (Å²) in [6, 6.07) is 2.03. The van der Waals surface area contributed by atoms with Gasteiger partial charge in [0.2, 0.25) is 0 Å². The van der Waals surface area contributed by atoms with Crippen LogP contribution in [0.15, 0.2) is 0 Å². The van der Waals surface area contributed by atoms with Gasteiger partial charge >= 0.3 is 0 Å². The Kier molecular flexibility index (Phi) is 10.7. The van der Waals surface area contributed by atoms with Crippen LogP contribution in [-0.4, -0.2) is 33.6 Å². The molecule has 1 unspecified atom stereocenters. The Balaban J connectivity index is 3.10. The van der Waals surface area contributed by atoms with Crippen LogP contribution < -0.4 is 0 Å². The van der Waals surface area contributed by atoms with E-state index in [4.69, 9.17) is 19.0 Å². The van der Waals surface area contributed by atoms with Gasteiger partial charge in [0, 0.05) is 13.7 Å². The number of ether oxygens (including phenoxy) is 1. The molecule has 0 bridgehead atoms. The smallest absolute Gasteiger partial charge is 0.260 e. The maximum absolute atomic E-state index is 8.28. The first-order valence-corrected chi connectivity index (χ1v) is 6.58. The van der Waals surface area contributed by atoms with Gasteiger partial charge in [-0.25, -0.2) is 9.05 Å². The predicted molar refractivity (Wildman–Crippen MR) is 57.5 cm³/mol. The molecule has 0 aliphatic heterocycles. The van der Waals surface area contributed by atoms with Gasteiger partial charge in [-0.2, -0.15) is 5.26 Å². The molecule has 0 spiro atoms. The zero-order chi connectivity index (χ0) is 10.6. The molecule has 0 fully saturated rings. The van der Waals surface area contributed by atoms with Crippen LogP contribution in [0.3, 0.4) is 0 Å². The first kappa shape index (κ1) is 13.8.